The second kappa shape index (κ2) is 7.10. The van der Waals surface area contributed by atoms with Crippen LogP contribution in [0.25, 0.3) is 0 Å². The highest BCUT2D eigenvalue weighted by Crippen LogP contribution is 2.33. The van der Waals surface area contributed by atoms with E-state index >= 15 is 0 Å². The van der Waals surface area contributed by atoms with Crippen LogP contribution in [-0.4, -0.2) is 6.04 Å². The molecule has 0 saturated heterocycles. The Morgan fingerprint density at radius 1 is 1.24 bits per heavy atom. The predicted octanol–water partition coefficient (Wildman–Crippen LogP) is 5.04. The number of hydrogen-bond acceptors (Lipinski definition) is 3. The van der Waals surface area contributed by atoms with E-state index in [1.165, 1.54) is 16.7 Å². The van der Waals surface area contributed by atoms with Crippen molar-refractivity contribution in [1.82, 2.24) is 0 Å². The van der Waals surface area contributed by atoms with Gasteiger partial charge in [0.2, 0.25) is 0 Å². The fourth-order valence-corrected chi connectivity index (χ4v) is 3.10. The third-order valence-corrected chi connectivity index (χ3v) is 4.48. The first-order chi connectivity index (χ1) is 10.0. The molecule has 1 aromatic carbocycles. The molecule has 0 aliphatic carbocycles. The molecule has 0 amide bonds. The molecule has 2 nitrogen and oxygen atoms in total. The third kappa shape index (κ3) is 3.86. The number of thiophene rings is 1. The minimum absolute atomic E-state index is 0.000115. The Morgan fingerprint density at radius 3 is 2.57 bits per heavy atom. The maximum Gasteiger partial charge on any atom is 0.140 e. The average molecular weight is 303 g/mol. The molecule has 114 valence electrons. The normalized spacial score (nSPS) is 14.2. The van der Waals surface area contributed by atoms with Crippen LogP contribution in [0, 0.1) is 6.92 Å². The summed E-state index contributed by atoms with van der Waals surface area (Å²) in [6, 6.07) is 8.53. The molecule has 0 saturated carbocycles. The van der Waals surface area contributed by atoms with Gasteiger partial charge >= 0.3 is 0 Å². The molecule has 3 heteroatoms. The molecule has 0 radical (unpaired) electrons. The molecule has 0 bridgehead atoms. The quantitative estimate of drug-likeness (QED) is 0.811. The van der Waals surface area contributed by atoms with Gasteiger partial charge in [-0.1, -0.05) is 32.9 Å². The number of rotatable bonds is 6. The third-order valence-electron chi connectivity index (χ3n) is 3.78. The minimum atomic E-state index is -0.0828. The van der Waals surface area contributed by atoms with Crippen molar-refractivity contribution < 1.29 is 4.74 Å². The zero-order valence-electron chi connectivity index (χ0n) is 13.3. The second-order valence-corrected chi connectivity index (χ2v) is 6.64. The van der Waals surface area contributed by atoms with E-state index in [0.29, 0.717) is 5.92 Å². The Hall–Kier alpha value is -1.32. The van der Waals surface area contributed by atoms with Crippen molar-refractivity contribution in [3.05, 3.63) is 51.7 Å². The molecule has 21 heavy (non-hydrogen) atoms. The Labute approximate surface area is 132 Å². The Bertz CT molecular complexity index is 563. The van der Waals surface area contributed by atoms with Crippen molar-refractivity contribution in [1.29, 1.82) is 0 Å². The number of aryl methyl sites for hydroxylation is 1. The summed E-state index contributed by atoms with van der Waals surface area (Å²) in [6.45, 7) is 8.58. The lowest BCUT2D eigenvalue weighted by Gasteiger charge is -2.26. The molecule has 2 atom stereocenters. The molecule has 2 aromatic rings. The van der Waals surface area contributed by atoms with Gasteiger partial charge in [0.25, 0.3) is 0 Å². The van der Waals surface area contributed by atoms with E-state index in [-0.39, 0.29) is 12.1 Å². The van der Waals surface area contributed by atoms with Gasteiger partial charge in [-0.2, -0.15) is 11.3 Å². The lowest BCUT2D eigenvalue weighted by molar-refractivity contribution is 0.169. The van der Waals surface area contributed by atoms with Gasteiger partial charge in [-0.3, -0.25) is 0 Å². The van der Waals surface area contributed by atoms with Crippen molar-refractivity contribution in [3.8, 4) is 5.75 Å². The summed E-state index contributed by atoms with van der Waals surface area (Å²) in [5, 5.41) is 4.21. The molecule has 1 aromatic heterocycles. The van der Waals surface area contributed by atoms with Gasteiger partial charge in [0.1, 0.15) is 11.9 Å². The lowest BCUT2D eigenvalue weighted by atomic mass is 9.99. The van der Waals surface area contributed by atoms with Crippen LogP contribution in [-0.2, 0) is 0 Å². The van der Waals surface area contributed by atoms with Crippen LogP contribution in [0.1, 0.15) is 55.9 Å². The van der Waals surface area contributed by atoms with Gasteiger partial charge < -0.3 is 10.5 Å². The highest BCUT2D eigenvalue weighted by Gasteiger charge is 2.22. The van der Waals surface area contributed by atoms with Crippen LogP contribution < -0.4 is 10.5 Å². The molecule has 0 spiro atoms. The van der Waals surface area contributed by atoms with Crippen LogP contribution >= 0.6 is 11.3 Å². The highest BCUT2D eigenvalue weighted by molar-refractivity contribution is 7.07. The number of ether oxygens (including phenoxy) is 1. The number of hydrogen-bond donors (Lipinski definition) is 1. The molecule has 0 aliphatic rings. The summed E-state index contributed by atoms with van der Waals surface area (Å²) >= 11 is 1.68. The fraction of sp³-hybridized carbons (Fsp3) is 0.444. The largest absolute Gasteiger partial charge is 0.484 e. The molecular formula is C18H25NOS. The SMILES string of the molecule is CCC(N)C(Oc1cc(C)ccc1C(C)C)c1ccsc1. The molecule has 0 aliphatic heterocycles. The summed E-state index contributed by atoms with van der Waals surface area (Å²) in [5.41, 5.74) is 9.92. The molecule has 2 unspecified atom stereocenters. The first-order valence-corrected chi connectivity index (χ1v) is 8.52. The lowest BCUT2D eigenvalue weighted by Crippen LogP contribution is -2.31. The summed E-state index contributed by atoms with van der Waals surface area (Å²) in [4.78, 5) is 0. The van der Waals surface area contributed by atoms with Crippen LogP contribution in [0.4, 0.5) is 0 Å². The van der Waals surface area contributed by atoms with E-state index in [1.54, 1.807) is 11.3 Å². The minimum Gasteiger partial charge on any atom is -0.484 e. The van der Waals surface area contributed by atoms with E-state index in [0.717, 1.165) is 12.2 Å². The summed E-state index contributed by atoms with van der Waals surface area (Å²) in [6.07, 6.45) is 0.809. The molecule has 1 heterocycles. The molecule has 0 fully saturated rings. The van der Waals surface area contributed by atoms with Crippen LogP contribution in [0.15, 0.2) is 35.0 Å². The Kier molecular flexibility index (Phi) is 5.43. The monoisotopic (exact) mass is 303 g/mol. The molecule has 2 rings (SSSR count). The maximum absolute atomic E-state index is 6.37. The van der Waals surface area contributed by atoms with Crippen molar-refractivity contribution in [2.45, 2.75) is 52.2 Å². The van der Waals surface area contributed by atoms with Crippen LogP contribution in [0.3, 0.4) is 0 Å². The van der Waals surface area contributed by atoms with Crippen molar-refractivity contribution in [2.24, 2.45) is 5.73 Å². The number of nitrogens with two attached hydrogens (primary N) is 1. The second-order valence-electron chi connectivity index (χ2n) is 5.86. The van der Waals surface area contributed by atoms with Crippen LogP contribution in [0.5, 0.6) is 5.75 Å². The predicted molar refractivity (Wildman–Crippen MR) is 91.2 cm³/mol. The first-order valence-electron chi connectivity index (χ1n) is 7.57. The molecule has 2 N–H and O–H groups in total. The van der Waals surface area contributed by atoms with E-state index in [1.807, 2.05) is 0 Å². The average Bonchev–Trinajstić information content (AvgIpc) is 2.97. The molecular weight excluding hydrogens is 278 g/mol. The summed E-state index contributed by atoms with van der Waals surface area (Å²) < 4.78 is 6.37. The van der Waals surface area contributed by atoms with Gasteiger partial charge in [0, 0.05) is 11.6 Å². The smallest absolute Gasteiger partial charge is 0.140 e. The van der Waals surface area contributed by atoms with Gasteiger partial charge in [0.05, 0.1) is 0 Å². The van der Waals surface area contributed by atoms with Gasteiger partial charge in [-0.15, -0.1) is 0 Å². The van der Waals surface area contributed by atoms with Gasteiger partial charge in [-0.05, 0) is 53.3 Å². The number of benzene rings is 1. The Morgan fingerprint density at radius 2 is 2.00 bits per heavy atom. The summed E-state index contributed by atoms with van der Waals surface area (Å²) in [7, 11) is 0. The van der Waals surface area contributed by atoms with Crippen molar-refractivity contribution in [3.63, 3.8) is 0 Å². The first kappa shape index (κ1) is 16.1. The van der Waals surface area contributed by atoms with E-state index in [4.69, 9.17) is 10.5 Å². The van der Waals surface area contributed by atoms with Crippen molar-refractivity contribution in [2.75, 3.05) is 0 Å². The maximum atomic E-state index is 6.37. The summed E-state index contributed by atoms with van der Waals surface area (Å²) in [5.74, 6) is 1.40. The fourth-order valence-electron chi connectivity index (χ4n) is 2.41. The zero-order chi connectivity index (χ0) is 15.4. The van der Waals surface area contributed by atoms with E-state index < -0.39 is 0 Å². The zero-order valence-corrected chi connectivity index (χ0v) is 14.1. The van der Waals surface area contributed by atoms with E-state index in [9.17, 15) is 0 Å². The van der Waals surface area contributed by atoms with E-state index in [2.05, 4.69) is 62.7 Å². The Balaban J connectivity index is 2.35. The highest BCUT2D eigenvalue weighted by atomic mass is 32.1. The standard InChI is InChI=1S/C18H25NOS/c1-5-16(19)18(14-8-9-21-11-14)20-17-10-13(4)6-7-15(17)12(2)3/h6-12,16,18H,5,19H2,1-4H3. The van der Waals surface area contributed by atoms with Crippen LogP contribution in [0.2, 0.25) is 0 Å². The topological polar surface area (TPSA) is 35.2 Å². The van der Waals surface area contributed by atoms with Crippen molar-refractivity contribution >= 4 is 11.3 Å². The van der Waals surface area contributed by atoms with Gasteiger partial charge in [0.15, 0.2) is 0 Å². The van der Waals surface area contributed by atoms with Gasteiger partial charge in [-0.25, -0.2) is 0 Å².